The third kappa shape index (κ3) is 4.72. The highest BCUT2D eigenvalue weighted by Crippen LogP contribution is 2.37. The van der Waals surface area contributed by atoms with Gasteiger partial charge in [-0.2, -0.15) is 11.8 Å². The first-order chi connectivity index (χ1) is 14.8. The Bertz CT molecular complexity index is 1160. The minimum Gasteiger partial charge on any atom is -0.593 e. The fourth-order valence-corrected chi connectivity index (χ4v) is 5.96. The Morgan fingerprint density at radius 1 is 1.26 bits per heavy atom. The van der Waals surface area contributed by atoms with E-state index < -0.39 is 23.1 Å². The average Bonchev–Trinajstić information content (AvgIpc) is 2.76. The summed E-state index contributed by atoms with van der Waals surface area (Å²) in [5.41, 5.74) is 0.681. The van der Waals surface area contributed by atoms with Gasteiger partial charge in [-0.05, 0) is 30.3 Å². The Kier molecular flexibility index (Phi) is 6.80. The minimum atomic E-state index is -1.56. The van der Waals surface area contributed by atoms with Crippen molar-refractivity contribution in [1.82, 2.24) is 9.29 Å². The van der Waals surface area contributed by atoms with Gasteiger partial charge in [-0.25, -0.2) is 9.18 Å². The lowest BCUT2D eigenvalue weighted by Crippen LogP contribution is -2.38. The van der Waals surface area contributed by atoms with Crippen molar-refractivity contribution in [3.63, 3.8) is 0 Å². The molecule has 0 spiro atoms. The first-order valence-electron chi connectivity index (χ1n) is 9.17. The van der Waals surface area contributed by atoms with E-state index in [0.29, 0.717) is 39.6 Å². The highest BCUT2D eigenvalue weighted by molar-refractivity contribution is 7.99. The number of carbonyl (C=O) groups is 1. The van der Waals surface area contributed by atoms with Crippen LogP contribution in [0.25, 0.3) is 10.9 Å². The second kappa shape index (κ2) is 9.40. The van der Waals surface area contributed by atoms with Crippen LogP contribution in [0.15, 0.2) is 41.4 Å². The summed E-state index contributed by atoms with van der Waals surface area (Å²) in [6, 6.07) is 7.06. The van der Waals surface area contributed by atoms with Gasteiger partial charge >= 0.3 is 5.97 Å². The molecule has 1 aliphatic heterocycles. The molecule has 0 saturated carbocycles. The number of nitrogens with zero attached hydrogens (tertiary/aromatic N) is 2. The fraction of sp³-hybridized carbons (Fsp3) is 0.200. The number of halogens is 3. The molecule has 162 valence electrons. The lowest BCUT2D eigenvalue weighted by atomic mass is 10.1. The summed E-state index contributed by atoms with van der Waals surface area (Å²) in [5, 5.41) is 13.2. The Hall–Kier alpha value is -1.75. The van der Waals surface area contributed by atoms with Gasteiger partial charge < -0.3 is 15.0 Å². The number of hydrogen-bond donors (Lipinski definition) is 2. The molecule has 31 heavy (non-hydrogen) atoms. The normalized spacial score (nSPS) is 15.7. The number of pyridine rings is 1. The maximum Gasteiger partial charge on any atom is 0.337 e. The van der Waals surface area contributed by atoms with Crippen molar-refractivity contribution in [2.45, 2.75) is 4.90 Å². The van der Waals surface area contributed by atoms with Gasteiger partial charge in [0.2, 0.25) is 4.90 Å². The van der Waals surface area contributed by atoms with Gasteiger partial charge in [0, 0.05) is 21.9 Å². The summed E-state index contributed by atoms with van der Waals surface area (Å²) < 4.78 is 29.4. The summed E-state index contributed by atoms with van der Waals surface area (Å²) in [7, 11) is 0. The van der Waals surface area contributed by atoms with Crippen molar-refractivity contribution in [3.05, 3.63) is 58.0 Å². The average molecular weight is 500 g/mol. The Labute approximate surface area is 195 Å². The molecule has 2 N–H and O–H groups in total. The molecule has 11 heteroatoms. The standard InChI is InChI=1S/C20H16Cl2FN3O3S2/c21-11-1-2-16-12(7-11)19(18(10-24-16)31(29)26-3-5-30-6-4-26)25-17-9-15(23)14(22)8-13(17)20(27)28/h1-2,7-10H,3-6H2,(H,24,25)(H,27,28). The third-order valence-electron chi connectivity index (χ3n) is 4.74. The fourth-order valence-electron chi connectivity index (χ4n) is 3.22. The molecule has 3 aromatic rings. The molecular formula is C20H16Cl2FN3O3S2. The molecule has 1 atom stereocenters. The second-order valence-corrected chi connectivity index (χ2v) is 10.2. The SMILES string of the molecule is O=C(O)c1cc(Cl)c(F)cc1Nc1c([S+]([O-])N2CCSCC2)cnc2ccc(Cl)cc12. The topological polar surface area (TPSA) is 88.5 Å². The van der Waals surface area contributed by atoms with Gasteiger partial charge in [0.1, 0.15) is 11.5 Å². The van der Waals surface area contributed by atoms with E-state index in [4.69, 9.17) is 23.2 Å². The van der Waals surface area contributed by atoms with Gasteiger partial charge in [0.25, 0.3) is 0 Å². The van der Waals surface area contributed by atoms with Crippen LogP contribution >= 0.6 is 35.0 Å². The molecule has 4 rings (SSSR count). The largest absolute Gasteiger partial charge is 0.593 e. The number of hydrogen-bond acceptors (Lipinski definition) is 6. The van der Waals surface area contributed by atoms with Crippen LogP contribution in [0.3, 0.4) is 0 Å². The molecule has 1 fully saturated rings. The smallest absolute Gasteiger partial charge is 0.337 e. The lowest BCUT2D eigenvalue weighted by molar-refractivity contribution is 0.0698. The van der Waals surface area contributed by atoms with Crippen LogP contribution in [-0.2, 0) is 11.4 Å². The first-order valence-corrected chi connectivity index (χ1v) is 12.2. The van der Waals surface area contributed by atoms with Crippen molar-refractivity contribution < 1.29 is 18.8 Å². The number of fused-ring (bicyclic) bond motifs is 1. The van der Waals surface area contributed by atoms with Crippen molar-refractivity contribution >= 4 is 74.6 Å². The number of aromatic carboxylic acids is 1. The van der Waals surface area contributed by atoms with E-state index in [0.717, 1.165) is 23.6 Å². The molecule has 1 unspecified atom stereocenters. The second-order valence-electron chi connectivity index (χ2n) is 6.69. The maximum atomic E-state index is 14.2. The van der Waals surface area contributed by atoms with Crippen molar-refractivity contribution in [2.75, 3.05) is 29.9 Å². The van der Waals surface area contributed by atoms with Crippen molar-refractivity contribution in [3.8, 4) is 0 Å². The van der Waals surface area contributed by atoms with Crippen LogP contribution < -0.4 is 5.32 Å². The Morgan fingerprint density at radius 3 is 2.71 bits per heavy atom. The van der Waals surface area contributed by atoms with E-state index >= 15 is 0 Å². The predicted octanol–water partition coefficient (Wildman–Crippen LogP) is 5.19. The lowest BCUT2D eigenvalue weighted by Gasteiger charge is -2.28. The molecule has 0 bridgehead atoms. The van der Waals surface area contributed by atoms with E-state index in [-0.39, 0.29) is 16.3 Å². The van der Waals surface area contributed by atoms with E-state index in [1.807, 2.05) is 4.31 Å². The Balaban J connectivity index is 1.88. The minimum absolute atomic E-state index is 0.0191. The van der Waals surface area contributed by atoms with E-state index in [2.05, 4.69) is 10.3 Å². The third-order valence-corrected chi connectivity index (χ3v) is 7.73. The zero-order valence-electron chi connectivity index (χ0n) is 15.9. The summed E-state index contributed by atoms with van der Waals surface area (Å²) in [6.07, 6.45) is 1.49. The zero-order chi connectivity index (χ0) is 22.1. The highest BCUT2D eigenvalue weighted by Gasteiger charge is 2.29. The van der Waals surface area contributed by atoms with Gasteiger partial charge in [-0.15, -0.1) is 4.31 Å². The van der Waals surface area contributed by atoms with Crippen LogP contribution in [-0.4, -0.2) is 49.5 Å². The Morgan fingerprint density at radius 2 is 2.00 bits per heavy atom. The number of anilines is 2. The zero-order valence-corrected chi connectivity index (χ0v) is 19.0. The van der Waals surface area contributed by atoms with Gasteiger partial charge in [-0.3, -0.25) is 4.98 Å². The first kappa shape index (κ1) is 22.4. The highest BCUT2D eigenvalue weighted by atomic mass is 35.5. The number of nitrogens with one attached hydrogen (secondary N) is 1. The van der Waals surface area contributed by atoms with E-state index in [1.54, 1.807) is 30.0 Å². The molecule has 0 aliphatic carbocycles. The van der Waals surface area contributed by atoms with Crippen LogP contribution in [0.1, 0.15) is 10.4 Å². The number of benzene rings is 2. The van der Waals surface area contributed by atoms with Gasteiger partial charge in [0.15, 0.2) is 0 Å². The quantitative estimate of drug-likeness (QED) is 0.466. The van der Waals surface area contributed by atoms with E-state index in [1.165, 1.54) is 6.20 Å². The van der Waals surface area contributed by atoms with Crippen molar-refractivity contribution in [1.29, 1.82) is 0 Å². The number of thioether (sulfide) groups is 1. The summed E-state index contributed by atoms with van der Waals surface area (Å²) in [4.78, 5) is 16.5. The molecule has 2 heterocycles. The molecule has 1 aliphatic rings. The predicted molar refractivity (Wildman–Crippen MR) is 124 cm³/mol. The van der Waals surface area contributed by atoms with Crippen LogP contribution in [0.2, 0.25) is 10.0 Å². The summed E-state index contributed by atoms with van der Waals surface area (Å²) in [5.74, 6) is -0.349. The summed E-state index contributed by atoms with van der Waals surface area (Å²) in [6.45, 7) is 1.28. The molecule has 2 aromatic carbocycles. The molecule has 0 radical (unpaired) electrons. The van der Waals surface area contributed by atoms with Crippen LogP contribution in [0.5, 0.6) is 0 Å². The van der Waals surface area contributed by atoms with Crippen molar-refractivity contribution in [2.24, 2.45) is 0 Å². The number of rotatable bonds is 5. The molecular weight excluding hydrogens is 484 g/mol. The van der Waals surface area contributed by atoms with Gasteiger partial charge in [-0.1, -0.05) is 23.2 Å². The van der Waals surface area contributed by atoms with Crippen LogP contribution in [0.4, 0.5) is 15.8 Å². The number of carboxylic acids is 1. The maximum absolute atomic E-state index is 14.2. The van der Waals surface area contributed by atoms with Crippen LogP contribution in [0, 0.1) is 5.82 Å². The number of aromatic nitrogens is 1. The monoisotopic (exact) mass is 499 g/mol. The summed E-state index contributed by atoms with van der Waals surface area (Å²) >= 11 is 12.2. The molecule has 0 amide bonds. The molecule has 6 nitrogen and oxygen atoms in total. The number of carboxylic acid groups (broad SMARTS) is 1. The molecule has 1 saturated heterocycles. The molecule has 1 aromatic heterocycles. The van der Waals surface area contributed by atoms with E-state index in [9.17, 15) is 18.8 Å². The van der Waals surface area contributed by atoms with Gasteiger partial charge in [0.05, 0.1) is 52.4 Å².